The molecule has 1 spiro atoms. The van der Waals surface area contributed by atoms with Gasteiger partial charge in [-0.1, -0.05) is 36.8 Å². The van der Waals surface area contributed by atoms with E-state index in [0.29, 0.717) is 25.6 Å². The summed E-state index contributed by atoms with van der Waals surface area (Å²) in [6, 6.07) is 10.7. The van der Waals surface area contributed by atoms with Crippen LogP contribution in [0.3, 0.4) is 0 Å². The number of amides is 4. The molecule has 3 aliphatic rings. The molecule has 0 bridgehead atoms. The van der Waals surface area contributed by atoms with Crippen LogP contribution in [-0.2, 0) is 15.1 Å². The van der Waals surface area contributed by atoms with E-state index in [-0.39, 0.29) is 35.5 Å². The Morgan fingerprint density at radius 1 is 1.03 bits per heavy atom. The fourth-order valence-electron chi connectivity index (χ4n) is 6.18. The third-order valence-electron chi connectivity index (χ3n) is 8.56. The fourth-order valence-corrected chi connectivity index (χ4v) is 6.18. The highest BCUT2D eigenvalue weighted by atomic mass is 16.2. The van der Waals surface area contributed by atoms with Gasteiger partial charge in [-0.05, 0) is 64.1 Å². The van der Waals surface area contributed by atoms with Crippen molar-refractivity contribution in [3.63, 3.8) is 0 Å². The quantitative estimate of drug-likeness (QED) is 0.529. The zero-order valence-electron chi connectivity index (χ0n) is 21.5. The van der Waals surface area contributed by atoms with Gasteiger partial charge < -0.3 is 20.4 Å². The maximum Gasteiger partial charge on any atom is 0.321 e. The molecule has 1 heterocycles. The van der Waals surface area contributed by atoms with E-state index in [4.69, 9.17) is 0 Å². The summed E-state index contributed by atoms with van der Waals surface area (Å²) in [4.78, 5) is 43.4. The molecule has 1 saturated heterocycles. The topological polar surface area (TPSA) is 85.0 Å². The molecule has 0 atom stereocenters. The molecular weight excluding hydrogens is 442 g/mol. The van der Waals surface area contributed by atoms with Gasteiger partial charge >= 0.3 is 6.03 Å². The van der Waals surface area contributed by atoms with Crippen LogP contribution in [0.4, 0.5) is 4.79 Å². The lowest BCUT2D eigenvalue weighted by Gasteiger charge is -2.51. The predicted molar refractivity (Wildman–Crippen MR) is 136 cm³/mol. The normalized spacial score (nSPS) is 26.8. The summed E-state index contributed by atoms with van der Waals surface area (Å²) >= 11 is 0. The van der Waals surface area contributed by atoms with Crippen molar-refractivity contribution in [2.24, 2.45) is 5.92 Å². The molecule has 3 fully saturated rings. The van der Waals surface area contributed by atoms with Crippen LogP contribution in [0.5, 0.6) is 0 Å². The van der Waals surface area contributed by atoms with Gasteiger partial charge in [-0.15, -0.1) is 0 Å². The molecule has 1 aromatic rings. The first-order valence-corrected chi connectivity index (χ1v) is 13.1. The minimum absolute atomic E-state index is 0.00553. The van der Waals surface area contributed by atoms with Crippen molar-refractivity contribution in [1.82, 2.24) is 25.3 Å². The number of nitrogens with zero attached hydrogens (tertiary/aromatic N) is 3. The Labute approximate surface area is 209 Å². The van der Waals surface area contributed by atoms with Gasteiger partial charge in [-0.3, -0.25) is 14.5 Å². The highest BCUT2D eigenvalue weighted by molar-refractivity contribution is 5.86. The van der Waals surface area contributed by atoms with Crippen LogP contribution in [-0.4, -0.2) is 84.9 Å². The molecule has 0 unspecified atom stereocenters. The second-order valence-corrected chi connectivity index (χ2v) is 10.9. The molecular formula is C27H41N5O3. The van der Waals surface area contributed by atoms with Crippen molar-refractivity contribution in [3.05, 3.63) is 35.9 Å². The Kier molecular flexibility index (Phi) is 7.69. The minimum atomic E-state index is -0.211. The van der Waals surface area contributed by atoms with E-state index in [2.05, 4.69) is 64.9 Å². The highest BCUT2D eigenvalue weighted by Crippen LogP contribution is 2.49. The first-order chi connectivity index (χ1) is 16.8. The summed E-state index contributed by atoms with van der Waals surface area (Å²) in [7, 11) is 4.32. The summed E-state index contributed by atoms with van der Waals surface area (Å²) < 4.78 is 0. The number of hydrogen-bond acceptors (Lipinski definition) is 4. The summed E-state index contributed by atoms with van der Waals surface area (Å²) in [5, 5.41) is 5.51. The second-order valence-electron chi connectivity index (χ2n) is 10.9. The largest absolute Gasteiger partial charge is 0.355 e. The maximum absolute atomic E-state index is 13.6. The molecule has 2 saturated carbocycles. The molecule has 1 aliphatic heterocycles. The van der Waals surface area contributed by atoms with E-state index in [9.17, 15) is 14.4 Å². The van der Waals surface area contributed by atoms with E-state index in [0.717, 1.165) is 32.2 Å². The summed E-state index contributed by atoms with van der Waals surface area (Å²) in [5.74, 6) is 0.285. The zero-order valence-corrected chi connectivity index (χ0v) is 21.5. The Hall–Kier alpha value is -2.61. The van der Waals surface area contributed by atoms with Crippen LogP contribution in [0.25, 0.3) is 0 Å². The monoisotopic (exact) mass is 483 g/mol. The van der Waals surface area contributed by atoms with Crippen LogP contribution in [0.2, 0.25) is 0 Å². The molecule has 0 aromatic heterocycles. The van der Waals surface area contributed by atoms with Crippen molar-refractivity contribution in [3.8, 4) is 0 Å². The van der Waals surface area contributed by atoms with E-state index in [1.165, 1.54) is 31.7 Å². The van der Waals surface area contributed by atoms with Gasteiger partial charge in [-0.25, -0.2) is 4.79 Å². The summed E-state index contributed by atoms with van der Waals surface area (Å²) in [5.41, 5.74) is 1.09. The van der Waals surface area contributed by atoms with Crippen molar-refractivity contribution >= 4 is 17.8 Å². The molecule has 2 aliphatic carbocycles. The lowest BCUT2D eigenvalue weighted by molar-refractivity contribution is -0.122. The van der Waals surface area contributed by atoms with Crippen LogP contribution >= 0.6 is 0 Å². The summed E-state index contributed by atoms with van der Waals surface area (Å²) in [6.45, 7) is 3.68. The Morgan fingerprint density at radius 3 is 2.26 bits per heavy atom. The van der Waals surface area contributed by atoms with Gasteiger partial charge in [0.1, 0.15) is 6.54 Å². The summed E-state index contributed by atoms with van der Waals surface area (Å²) in [6.07, 6.45) is 7.45. The van der Waals surface area contributed by atoms with E-state index < -0.39 is 0 Å². The number of carbonyl (C=O) groups excluding carboxylic acids is 3. The van der Waals surface area contributed by atoms with Crippen molar-refractivity contribution in [2.75, 3.05) is 46.8 Å². The van der Waals surface area contributed by atoms with Crippen molar-refractivity contribution in [2.45, 2.75) is 62.9 Å². The number of hydrogen-bond donors (Lipinski definition) is 2. The third-order valence-corrected chi connectivity index (χ3v) is 8.56. The SMILES string of the molecule is CC(=O)NCCNC(=O)CN1C[C@]2(CC[C@](c3ccccc3)(N(C)C)CC2)N(CC2CCC2)C1=O. The van der Waals surface area contributed by atoms with Crippen molar-refractivity contribution < 1.29 is 14.4 Å². The van der Waals surface area contributed by atoms with Crippen LogP contribution in [0.1, 0.15) is 57.4 Å². The standard InChI is InChI=1S/C27H41N5O3/c1-21(33)28-16-17-29-24(34)19-31-20-26(32(25(31)35)18-22-8-7-9-22)12-14-27(15-13-26,30(2)3)23-10-5-4-6-11-23/h4-6,10-11,22H,7-9,12-20H2,1-3H3,(H,28,33)(H,29,34)/t26-,27+. The number of benzene rings is 1. The lowest BCUT2D eigenvalue weighted by atomic mass is 9.68. The minimum Gasteiger partial charge on any atom is -0.355 e. The smallest absolute Gasteiger partial charge is 0.321 e. The van der Waals surface area contributed by atoms with Gasteiger partial charge in [0.2, 0.25) is 11.8 Å². The molecule has 4 amide bonds. The Morgan fingerprint density at radius 2 is 1.69 bits per heavy atom. The maximum atomic E-state index is 13.6. The van der Waals surface area contributed by atoms with Gasteiger partial charge in [0.05, 0.1) is 5.54 Å². The molecule has 2 N–H and O–H groups in total. The number of rotatable bonds is 9. The molecule has 1 aromatic carbocycles. The molecule has 8 heteroatoms. The molecule has 8 nitrogen and oxygen atoms in total. The fraction of sp³-hybridized carbons (Fsp3) is 0.667. The van der Waals surface area contributed by atoms with Crippen LogP contribution < -0.4 is 10.6 Å². The molecule has 192 valence electrons. The lowest BCUT2D eigenvalue weighted by Crippen LogP contribution is -2.56. The first kappa shape index (κ1) is 25.5. The van der Waals surface area contributed by atoms with E-state index in [1.54, 1.807) is 4.90 Å². The first-order valence-electron chi connectivity index (χ1n) is 13.1. The zero-order chi connectivity index (χ0) is 25.1. The average Bonchev–Trinajstić information content (AvgIpc) is 3.05. The number of nitrogens with one attached hydrogen (secondary N) is 2. The molecule has 0 radical (unpaired) electrons. The number of carbonyl (C=O) groups is 3. The van der Waals surface area contributed by atoms with Gasteiger partial charge in [0.15, 0.2) is 0 Å². The third kappa shape index (κ3) is 5.32. The molecule has 35 heavy (non-hydrogen) atoms. The van der Waals surface area contributed by atoms with E-state index in [1.807, 2.05) is 0 Å². The predicted octanol–water partition coefficient (Wildman–Crippen LogP) is 2.55. The Bertz CT molecular complexity index is 907. The molecule has 4 rings (SSSR count). The Balaban J connectivity index is 1.46. The van der Waals surface area contributed by atoms with E-state index >= 15 is 0 Å². The van der Waals surface area contributed by atoms with Crippen LogP contribution in [0.15, 0.2) is 30.3 Å². The highest BCUT2D eigenvalue weighted by Gasteiger charge is 2.55. The van der Waals surface area contributed by atoms with Gasteiger partial charge in [-0.2, -0.15) is 0 Å². The number of urea groups is 1. The van der Waals surface area contributed by atoms with Gasteiger partial charge in [0, 0.05) is 38.6 Å². The average molecular weight is 484 g/mol. The van der Waals surface area contributed by atoms with Crippen LogP contribution in [0, 0.1) is 5.92 Å². The van der Waals surface area contributed by atoms with Gasteiger partial charge in [0.25, 0.3) is 0 Å². The second kappa shape index (κ2) is 10.6. The van der Waals surface area contributed by atoms with Crippen molar-refractivity contribution in [1.29, 1.82) is 0 Å².